The summed E-state index contributed by atoms with van der Waals surface area (Å²) in [7, 11) is -2.48. The second kappa shape index (κ2) is 6.78. The van der Waals surface area contributed by atoms with Gasteiger partial charge in [-0.3, -0.25) is 4.79 Å². The van der Waals surface area contributed by atoms with E-state index in [0.717, 1.165) is 14.8 Å². The summed E-state index contributed by atoms with van der Waals surface area (Å²) in [5.41, 5.74) is 0.914. The average Bonchev–Trinajstić information content (AvgIpc) is 2.53. The van der Waals surface area contributed by atoms with Crippen molar-refractivity contribution in [2.75, 3.05) is 20.1 Å². The molecule has 1 aliphatic heterocycles. The molecule has 2 N–H and O–H groups in total. The van der Waals surface area contributed by atoms with E-state index < -0.39 is 34.0 Å². The van der Waals surface area contributed by atoms with Crippen LogP contribution in [0.15, 0.2) is 29.2 Å². The largest absolute Gasteiger partial charge is 0.481 e. The Morgan fingerprint density at radius 1 is 1.17 bits per heavy atom. The number of aryl methyl sites for hydroxylation is 1. The fourth-order valence-electron chi connectivity index (χ4n) is 2.74. The van der Waals surface area contributed by atoms with Crippen molar-refractivity contribution >= 4 is 22.1 Å². The highest BCUT2D eigenvalue weighted by Crippen LogP contribution is 2.25. The molecule has 9 heteroatoms. The van der Waals surface area contributed by atoms with Crippen molar-refractivity contribution in [3.05, 3.63) is 29.8 Å². The average molecular weight is 356 g/mol. The third-order valence-electron chi connectivity index (χ3n) is 4.26. The molecule has 0 aliphatic carbocycles. The Morgan fingerprint density at radius 2 is 1.75 bits per heavy atom. The van der Waals surface area contributed by atoms with Crippen molar-refractivity contribution in [1.82, 2.24) is 9.21 Å². The van der Waals surface area contributed by atoms with E-state index in [9.17, 15) is 23.1 Å². The fraction of sp³-hybridized carbons (Fsp3) is 0.467. The van der Waals surface area contributed by atoms with Crippen molar-refractivity contribution < 1.29 is 28.2 Å². The normalized spacial score (nSPS) is 21.7. The SMILES string of the molecule is Cc1ccc(S(=O)(=O)N(C)[C@H]2C[C@H](C(=O)O)CN(C(=O)O)C2)cc1. The quantitative estimate of drug-likeness (QED) is 0.834. The van der Waals surface area contributed by atoms with Crippen LogP contribution in [0, 0.1) is 12.8 Å². The maximum absolute atomic E-state index is 12.7. The van der Waals surface area contributed by atoms with Gasteiger partial charge in [0.15, 0.2) is 0 Å². The van der Waals surface area contributed by atoms with Gasteiger partial charge in [0.05, 0.1) is 10.8 Å². The highest BCUT2D eigenvalue weighted by Gasteiger charge is 2.39. The first-order chi connectivity index (χ1) is 11.1. The van der Waals surface area contributed by atoms with E-state index in [-0.39, 0.29) is 24.4 Å². The Balaban J connectivity index is 2.28. The summed E-state index contributed by atoms with van der Waals surface area (Å²) < 4.78 is 26.5. The van der Waals surface area contributed by atoms with Gasteiger partial charge in [0, 0.05) is 26.2 Å². The lowest BCUT2D eigenvalue weighted by Gasteiger charge is -2.38. The van der Waals surface area contributed by atoms with E-state index in [4.69, 9.17) is 5.11 Å². The number of hydrogen-bond acceptors (Lipinski definition) is 4. The zero-order valence-electron chi connectivity index (χ0n) is 13.4. The van der Waals surface area contributed by atoms with Gasteiger partial charge in [-0.15, -0.1) is 0 Å². The number of rotatable bonds is 4. The summed E-state index contributed by atoms with van der Waals surface area (Å²) in [6.45, 7) is 1.64. The van der Waals surface area contributed by atoms with Crippen LogP contribution in [0.3, 0.4) is 0 Å². The highest BCUT2D eigenvalue weighted by molar-refractivity contribution is 7.89. The lowest BCUT2D eigenvalue weighted by molar-refractivity contribution is -0.143. The zero-order chi connectivity index (χ0) is 18.1. The molecule has 1 aromatic rings. The Kier molecular flexibility index (Phi) is 5.14. The first-order valence-electron chi connectivity index (χ1n) is 7.38. The number of aliphatic carboxylic acids is 1. The summed E-state index contributed by atoms with van der Waals surface area (Å²) in [5, 5.41) is 18.4. The third kappa shape index (κ3) is 3.68. The van der Waals surface area contributed by atoms with Gasteiger partial charge in [-0.05, 0) is 25.5 Å². The second-order valence-electron chi connectivity index (χ2n) is 5.95. The number of carbonyl (C=O) groups is 2. The summed E-state index contributed by atoms with van der Waals surface area (Å²) in [4.78, 5) is 23.5. The molecule has 8 nitrogen and oxygen atoms in total. The van der Waals surface area contributed by atoms with Gasteiger partial charge in [-0.1, -0.05) is 17.7 Å². The molecule has 0 radical (unpaired) electrons. The number of nitrogens with zero attached hydrogens (tertiary/aromatic N) is 2. The predicted molar refractivity (Wildman–Crippen MR) is 85.3 cm³/mol. The maximum atomic E-state index is 12.7. The van der Waals surface area contributed by atoms with Crippen molar-refractivity contribution in [1.29, 1.82) is 0 Å². The number of hydrogen-bond donors (Lipinski definition) is 2. The molecular formula is C15H20N2O6S. The fourth-order valence-corrected chi connectivity index (χ4v) is 4.10. The number of likely N-dealkylation sites (tertiary alicyclic amines) is 1. The highest BCUT2D eigenvalue weighted by atomic mass is 32.2. The van der Waals surface area contributed by atoms with Crippen LogP contribution in [-0.4, -0.2) is 66.1 Å². The van der Waals surface area contributed by atoms with Crippen LogP contribution in [-0.2, 0) is 14.8 Å². The molecule has 0 spiro atoms. The molecule has 1 aromatic carbocycles. The molecule has 0 bridgehead atoms. The van der Waals surface area contributed by atoms with Crippen LogP contribution in [0.25, 0.3) is 0 Å². The van der Waals surface area contributed by atoms with E-state index in [1.807, 2.05) is 6.92 Å². The number of sulfonamides is 1. The second-order valence-corrected chi connectivity index (χ2v) is 7.94. The molecule has 1 saturated heterocycles. The number of likely N-dealkylation sites (N-methyl/N-ethyl adjacent to an activating group) is 1. The first kappa shape index (κ1) is 18.2. The topological polar surface area (TPSA) is 115 Å². The van der Waals surface area contributed by atoms with Crippen LogP contribution < -0.4 is 0 Å². The maximum Gasteiger partial charge on any atom is 0.407 e. The van der Waals surface area contributed by atoms with Gasteiger partial charge in [0.2, 0.25) is 10.0 Å². The Hall–Kier alpha value is -2.13. The molecule has 1 aliphatic rings. The summed E-state index contributed by atoms with van der Waals surface area (Å²) in [5.74, 6) is -2.07. The first-order valence-corrected chi connectivity index (χ1v) is 8.82. The monoisotopic (exact) mass is 356 g/mol. The predicted octanol–water partition coefficient (Wildman–Crippen LogP) is 1.07. The van der Waals surface area contributed by atoms with E-state index >= 15 is 0 Å². The number of piperidine rings is 1. The van der Waals surface area contributed by atoms with E-state index in [2.05, 4.69) is 0 Å². The Morgan fingerprint density at radius 3 is 2.25 bits per heavy atom. The van der Waals surface area contributed by atoms with Gasteiger partial charge in [0.25, 0.3) is 0 Å². The minimum Gasteiger partial charge on any atom is -0.481 e. The lowest BCUT2D eigenvalue weighted by atomic mass is 9.95. The minimum absolute atomic E-state index is 0.0549. The molecule has 0 unspecified atom stereocenters. The minimum atomic E-state index is -3.83. The molecule has 0 saturated carbocycles. The Labute approximate surface area is 140 Å². The standard InChI is InChI=1S/C15H20N2O6S/c1-10-3-5-13(6-4-10)24(22,23)16(2)12-7-11(14(18)19)8-17(9-12)15(20)21/h3-6,11-12H,7-9H2,1-2H3,(H,18,19)(H,20,21)/t11-,12-/m0/s1. The Bertz CT molecular complexity index is 709. The molecule has 1 amide bonds. The van der Waals surface area contributed by atoms with Gasteiger partial charge in [0.1, 0.15) is 0 Å². The van der Waals surface area contributed by atoms with Crippen molar-refractivity contribution in [2.45, 2.75) is 24.3 Å². The molecular weight excluding hydrogens is 336 g/mol. The number of carboxylic acid groups (broad SMARTS) is 2. The lowest BCUT2D eigenvalue weighted by Crippen LogP contribution is -2.54. The summed E-state index contributed by atoms with van der Waals surface area (Å²) in [6.07, 6.45) is -1.19. The molecule has 2 rings (SSSR count). The van der Waals surface area contributed by atoms with Crippen LogP contribution >= 0.6 is 0 Å². The molecule has 132 valence electrons. The molecule has 2 atom stereocenters. The van der Waals surface area contributed by atoms with E-state index in [1.54, 1.807) is 12.1 Å². The molecule has 24 heavy (non-hydrogen) atoms. The van der Waals surface area contributed by atoms with Crippen LogP contribution in [0.5, 0.6) is 0 Å². The van der Waals surface area contributed by atoms with E-state index in [1.165, 1.54) is 19.2 Å². The van der Waals surface area contributed by atoms with Crippen molar-refractivity contribution in [2.24, 2.45) is 5.92 Å². The van der Waals surface area contributed by atoms with Gasteiger partial charge in [-0.25, -0.2) is 13.2 Å². The molecule has 1 heterocycles. The smallest absolute Gasteiger partial charge is 0.407 e. The number of amides is 1. The van der Waals surface area contributed by atoms with Gasteiger partial charge < -0.3 is 15.1 Å². The van der Waals surface area contributed by atoms with Gasteiger partial charge in [-0.2, -0.15) is 4.31 Å². The van der Waals surface area contributed by atoms with Crippen molar-refractivity contribution in [3.8, 4) is 0 Å². The van der Waals surface area contributed by atoms with E-state index in [0.29, 0.717) is 0 Å². The third-order valence-corrected chi connectivity index (χ3v) is 6.18. The van der Waals surface area contributed by atoms with Crippen LogP contribution in [0.4, 0.5) is 4.79 Å². The van der Waals surface area contributed by atoms with Crippen molar-refractivity contribution in [3.63, 3.8) is 0 Å². The zero-order valence-corrected chi connectivity index (χ0v) is 14.2. The molecule has 1 fully saturated rings. The molecule has 0 aromatic heterocycles. The van der Waals surface area contributed by atoms with Crippen LogP contribution in [0.1, 0.15) is 12.0 Å². The number of carboxylic acids is 1. The summed E-state index contributed by atoms with van der Waals surface area (Å²) in [6, 6.07) is 5.57. The number of benzene rings is 1. The van der Waals surface area contributed by atoms with Crippen LogP contribution in [0.2, 0.25) is 0 Å². The summed E-state index contributed by atoms with van der Waals surface area (Å²) >= 11 is 0. The van der Waals surface area contributed by atoms with Gasteiger partial charge >= 0.3 is 12.1 Å².